The number of rotatable bonds is 6. The Labute approximate surface area is 118 Å². The second kappa shape index (κ2) is 7.21. The molecule has 0 spiro atoms. The monoisotopic (exact) mass is 279 g/mol. The predicted molar refractivity (Wildman–Crippen MR) is 78.2 cm³/mol. The van der Waals surface area contributed by atoms with Crippen LogP contribution in [0.4, 0.5) is 11.4 Å². The van der Waals surface area contributed by atoms with Crippen LogP contribution in [0.15, 0.2) is 18.2 Å². The average molecular weight is 279 g/mol. The summed E-state index contributed by atoms with van der Waals surface area (Å²) in [4.78, 5) is 10.6. The maximum absolute atomic E-state index is 11.0. The smallest absolute Gasteiger partial charge is 0.292 e. The van der Waals surface area contributed by atoms with Crippen LogP contribution in [0.3, 0.4) is 0 Å². The zero-order valence-corrected chi connectivity index (χ0v) is 11.7. The molecule has 6 heteroatoms. The van der Waals surface area contributed by atoms with E-state index in [2.05, 4.69) is 10.6 Å². The Morgan fingerprint density at radius 2 is 2.20 bits per heavy atom. The van der Waals surface area contributed by atoms with E-state index in [-0.39, 0.29) is 10.6 Å². The molecule has 2 N–H and O–H groups in total. The second-order valence-corrected chi connectivity index (χ2v) is 4.97. The van der Waals surface area contributed by atoms with E-state index in [1.54, 1.807) is 6.07 Å². The van der Waals surface area contributed by atoms with Gasteiger partial charge < -0.3 is 15.4 Å². The Kier molecular flexibility index (Phi) is 5.31. The van der Waals surface area contributed by atoms with Crippen molar-refractivity contribution in [1.29, 1.82) is 0 Å². The van der Waals surface area contributed by atoms with Gasteiger partial charge in [-0.3, -0.25) is 10.1 Å². The van der Waals surface area contributed by atoms with Gasteiger partial charge in [0.25, 0.3) is 5.69 Å². The maximum atomic E-state index is 11.0. The molecule has 1 aromatic carbocycles. The number of nitro groups is 1. The highest BCUT2D eigenvalue weighted by molar-refractivity contribution is 5.65. The summed E-state index contributed by atoms with van der Waals surface area (Å²) in [7, 11) is 0. The summed E-state index contributed by atoms with van der Waals surface area (Å²) in [6.45, 7) is 5.01. The zero-order valence-electron chi connectivity index (χ0n) is 11.7. The minimum atomic E-state index is -0.358. The van der Waals surface area contributed by atoms with Crippen LogP contribution in [-0.2, 0) is 4.74 Å². The lowest BCUT2D eigenvalue weighted by atomic mass is 10.1. The average Bonchev–Trinajstić information content (AvgIpc) is 2.45. The van der Waals surface area contributed by atoms with Crippen LogP contribution in [0, 0.1) is 17.0 Å². The maximum Gasteiger partial charge on any atom is 0.292 e. The Morgan fingerprint density at radius 1 is 1.45 bits per heavy atom. The molecule has 0 atom stereocenters. The molecule has 0 aromatic heterocycles. The molecule has 1 saturated heterocycles. The summed E-state index contributed by atoms with van der Waals surface area (Å²) < 4.78 is 5.77. The number of hydrogen-bond acceptors (Lipinski definition) is 5. The lowest BCUT2D eigenvalue weighted by Gasteiger charge is -2.23. The van der Waals surface area contributed by atoms with Gasteiger partial charge in [-0.15, -0.1) is 0 Å². The third-order valence-corrected chi connectivity index (χ3v) is 3.49. The number of para-hydroxylation sites is 1. The Balaban J connectivity index is 1.83. The number of nitrogens with one attached hydrogen (secondary N) is 2. The standard InChI is InChI=1S/C14H21N3O3/c1-11-3-2-4-13(17(18)19)14(11)16-9-10-20-12-5-7-15-8-6-12/h2-4,12,15-16H,5-10H2,1H3. The van der Waals surface area contributed by atoms with Gasteiger partial charge in [0, 0.05) is 12.6 Å². The highest BCUT2D eigenvalue weighted by Gasteiger charge is 2.16. The van der Waals surface area contributed by atoms with Gasteiger partial charge in [-0.2, -0.15) is 0 Å². The first-order valence-electron chi connectivity index (χ1n) is 6.98. The highest BCUT2D eigenvalue weighted by atomic mass is 16.6. The molecule has 0 aliphatic carbocycles. The summed E-state index contributed by atoms with van der Waals surface area (Å²) in [5.41, 5.74) is 1.58. The molecule has 110 valence electrons. The van der Waals surface area contributed by atoms with Crippen LogP contribution in [0.25, 0.3) is 0 Å². The molecule has 1 heterocycles. The van der Waals surface area contributed by atoms with E-state index in [1.165, 1.54) is 6.07 Å². The van der Waals surface area contributed by atoms with Crippen molar-refractivity contribution in [2.75, 3.05) is 31.6 Å². The molecule has 0 bridgehead atoms. The molecule has 1 fully saturated rings. The fourth-order valence-corrected chi connectivity index (χ4v) is 2.40. The Hall–Kier alpha value is -1.66. The summed E-state index contributed by atoms with van der Waals surface area (Å²) in [6, 6.07) is 5.08. The van der Waals surface area contributed by atoms with Gasteiger partial charge in [0.1, 0.15) is 5.69 Å². The summed E-state index contributed by atoms with van der Waals surface area (Å²) >= 11 is 0. The second-order valence-electron chi connectivity index (χ2n) is 4.97. The molecule has 0 amide bonds. The molecule has 20 heavy (non-hydrogen) atoms. The summed E-state index contributed by atoms with van der Waals surface area (Å²) in [5, 5.41) is 17.4. The lowest BCUT2D eigenvalue weighted by molar-refractivity contribution is -0.384. The van der Waals surface area contributed by atoms with Crippen LogP contribution in [0.5, 0.6) is 0 Å². The van der Waals surface area contributed by atoms with Crippen LogP contribution in [0.1, 0.15) is 18.4 Å². The lowest BCUT2D eigenvalue weighted by Crippen LogP contribution is -2.33. The third kappa shape index (κ3) is 3.91. The minimum absolute atomic E-state index is 0.117. The quantitative estimate of drug-likeness (QED) is 0.473. The number of ether oxygens (including phenoxy) is 1. The molecular formula is C14H21N3O3. The molecule has 1 aliphatic rings. The topological polar surface area (TPSA) is 76.4 Å². The van der Waals surface area contributed by atoms with Gasteiger partial charge in [0.05, 0.1) is 17.6 Å². The molecule has 0 saturated carbocycles. The van der Waals surface area contributed by atoms with Crippen molar-refractivity contribution in [2.24, 2.45) is 0 Å². The highest BCUT2D eigenvalue weighted by Crippen LogP contribution is 2.27. The van der Waals surface area contributed by atoms with Gasteiger partial charge in [-0.25, -0.2) is 0 Å². The molecule has 6 nitrogen and oxygen atoms in total. The van der Waals surface area contributed by atoms with Gasteiger partial charge >= 0.3 is 0 Å². The van der Waals surface area contributed by atoms with Crippen molar-refractivity contribution < 1.29 is 9.66 Å². The number of benzene rings is 1. The SMILES string of the molecule is Cc1cccc([N+](=O)[O-])c1NCCOC1CCNCC1. The van der Waals surface area contributed by atoms with Crippen LogP contribution >= 0.6 is 0 Å². The van der Waals surface area contributed by atoms with Crippen LogP contribution in [0.2, 0.25) is 0 Å². The number of hydrogen-bond donors (Lipinski definition) is 2. The molecule has 1 aromatic rings. The Bertz CT molecular complexity index is 459. The number of nitrogens with zero attached hydrogens (tertiary/aromatic N) is 1. The van der Waals surface area contributed by atoms with E-state index in [4.69, 9.17) is 4.74 Å². The van der Waals surface area contributed by atoms with Gasteiger partial charge in [0.15, 0.2) is 0 Å². The van der Waals surface area contributed by atoms with Crippen LogP contribution in [-0.4, -0.2) is 37.3 Å². The predicted octanol–water partition coefficient (Wildman–Crippen LogP) is 2.08. The molecule has 0 radical (unpaired) electrons. The van der Waals surface area contributed by atoms with Gasteiger partial charge in [0.2, 0.25) is 0 Å². The first kappa shape index (κ1) is 14.7. The van der Waals surface area contributed by atoms with Crippen molar-refractivity contribution >= 4 is 11.4 Å². The van der Waals surface area contributed by atoms with Crippen molar-refractivity contribution in [3.63, 3.8) is 0 Å². The van der Waals surface area contributed by atoms with Crippen molar-refractivity contribution in [2.45, 2.75) is 25.9 Å². The first-order chi connectivity index (χ1) is 9.68. The van der Waals surface area contributed by atoms with Gasteiger partial charge in [-0.05, 0) is 38.4 Å². The minimum Gasteiger partial charge on any atom is -0.377 e. The number of nitro benzene ring substituents is 1. The number of anilines is 1. The van der Waals surface area contributed by atoms with Crippen molar-refractivity contribution in [3.8, 4) is 0 Å². The van der Waals surface area contributed by atoms with E-state index in [0.717, 1.165) is 31.5 Å². The van der Waals surface area contributed by atoms with E-state index >= 15 is 0 Å². The van der Waals surface area contributed by atoms with Crippen molar-refractivity contribution in [1.82, 2.24) is 5.32 Å². The summed E-state index contributed by atoms with van der Waals surface area (Å²) in [6.07, 6.45) is 2.37. The normalized spacial score (nSPS) is 16.1. The van der Waals surface area contributed by atoms with Gasteiger partial charge in [-0.1, -0.05) is 12.1 Å². The largest absolute Gasteiger partial charge is 0.377 e. The van der Waals surface area contributed by atoms with E-state index < -0.39 is 0 Å². The number of piperidine rings is 1. The van der Waals surface area contributed by atoms with E-state index in [0.29, 0.717) is 24.9 Å². The molecule has 2 rings (SSSR count). The fourth-order valence-electron chi connectivity index (χ4n) is 2.40. The fraction of sp³-hybridized carbons (Fsp3) is 0.571. The summed E-state index contributed by atoms with van der Waals surface area (Å²) in [5.74, 6) is 0. The third-order valence-electron chi connectivity index (χ3n) is 3.49. The molecule has 1 aliphatic heterocycles. The first-order valence-corrected chi connectivity index (χ1v) is 6.98. The number of aryl methyl sites for hydroxylation is 1. The molecular weight excluding hydrogens is 258 g/mol. The van der Waals surface area contributed by atoms with Crippen LogP contribution < -0.4 is 10.6 Å². The van der Waals surface area contributed by atoms with E-state index in [9.17, 15) is 10.1 Å². The Morgan fingerprint density at radius 3 is 2.90 bits per heavy atom. The van der Waals surface area contributed by atoms with E-state index in [1.807, 2.05) is 13.0 Å². The zero-order chi connectivity index (χ0) is 14.4. The van der Waals surface area contributed by atoms with Crippen molar-refractivity contribution in [3.05, 3.63) is 33.9 Å². The molecule has 0 unspecified atom stereocenters.